The van der Waals surface area contributed by atoms with Gasteiger partial charge in [0.1, 0.15) is 29.1 Å². The second-order valence-corrected chi connectivity index (χ2v) is 8.75. The molecule has 3 rings (SSSR count). The molecular weight excluding hydrogens is 465 g/mol. The van der Waals surface area contributed by atoms with Crippen molar-refractivity contribution in [2.75, 3.05) is 24.4 Å². The maximum Gasteiger partial charge on any atom is 0.407 e. The number of benzene rings is 1. The number of anilines is 3. The standard InChI is InChI=1S/C26H32FN5O4/c1-4-5-12-36-26(34)31-21-9-7-6-8-20(21)30-22-14-17(15-28)23(25(33)35-3)24(32-22)29-18-10-11-19(27)16(2)13-18/h10-11,13-14,20-21H,4-9,12H2,1-3H3,(H,31,34)(H2,29,30,32)/t20-,21+/m1/s1. The molecule has 0 radical (unpaired) electrons. The second-order valence-electron chi connectivity index (χ2n) is 8.75. The van der Waals surface area contributed by atoms with Gasteiger partial charge in [0.2, 0.25) is 0 Å². The van der Waals surface area contributed by atoms with Crippen LogP contribution in [0.3, 0.4) is 0 Å². The van der Waals surface area contributed by atoms with Gasteiger partial charge in [-0.15, -0.1) is 0 Å². The van der Waals surface area contributed by atoms with Gasteiger partial charge in [0, 0.05) is 11.7 Å². The van der Waals surface area contributed by atoms with E-state index in [1.54, 1.807) is 13.0 Å². The molecule has 1 aromatic heterocycles. The largest absolute Gasteiger partial charge is 0.465 e. The van der Waals surface area contributed by atoms with E-state index < -0.39 is 12.1 Å². The quantitative estimate of drug-likeness (QED) is 0.320. The number of hydrogen-bond donors (Lipinski definition) is 3. The van der Waals surface area contributed by atoms with Gasteiger partial charge in [0.05, 0.1) is 25.3 Å². The van der Waals surface area contributed by atoms with Crippen molar-refractivity contribution >= 4 is 29.4 Å². The molecule has 1 saturated carbocycles. The van der Waals surface area contributed by atoms with Crippen LogP contribution < -0.4 is 16.0 Å². The van der Waals surface area contributed by atoms with Crippen molar-refractivity contribution in [2.45, 2.75) is 64.5 Å². The third kappa shape index (κ3) is 6.84. The molecule has 1 aromatic carbocycles. The summed E-state index contributed by atoms with van der Waals surface area (Å²) in [7, 11) is 1.22. The SMILES string of the molecule is CCCCOC(=O)N[C@H]1CCCC[C@H]1Nc1cc(C#N)c(C(=O)OC)c(Nc2ccc(F)c(C)c2)n1. The minimum Gasteiger partial charge on any atom is -0.465 e. The fourth-order valence-electron chi connectivity index (χ4n) is 4.13. The molecule has 10 heteroatoms. The number of hydrogen-bond acceptors (Lipinski definition) is 8. The third-order valence-electron chi connectivity index (χ3n) is 6.08. The van der Waals surface area contributed by atoms with Crippen molar-refractivity contribution in [3.8, 4) is 6.07 Å². The average molecular weight is 498 g/mol. The number of nitrogens with zero attached hydrogens (tertiary/aromatic N) is 2. The molecule has 0 bridgehead atoms. The van der Waals surface area contributed by atoms with Gasteiger partial charge in [-0.05, 0) is 56.0 Å². The summed E-state index contributed by atoms with van der Waals surface area (Å²) in [6, 6.07) is 7.59. The number of ether oxygens (including phenoxy) is 2. The number of amides is 1. The van der Waals surface area contributed by atoms with Gasteiger partial charge in [0.25, 0.3) is 0 Å². The number of methoxy groups -OCH3 is 1. The van der Waals surface area contributed by atoms with Crippen LogP contribution in [0.25, 0.3) is 0 Å². The molecule has 2 aromatic rings. The molecule has 0 spiro atoms. The zero-order valence-electron chi connectivity index (χ0n) is 20.8. The lowest BCUT2D eigenvalue weighted by Gasteiger charge is -2.33. The van der Waals surface area contributed by atoms with Crippen LogP contribution in [-0.2, 0) is 9.47 Å². The molecule has 1 aliphatic carbocycles. The van der Waals surface area contributed by atoms with Crippen LogP contribution in [0.4, 0.5) is 26.5 Å². The molecular formula is C26H32FN5O4. The van der Waals surface area contributed by atoms with E-state index in [-0.39, 0.29) is 34.8 Å². The van der Waals surface area contributed by atoms with Crippen LogP contribution in [-0.4, -0.2) is 42.8 Å². The molecule has 3 N–H and O–H groups in total. The molecule has 2 atom stereocenters. The van der Waals surface area contributed by atoms with Gasteiger partial charge < -0.3 is 25.4 Å². The predicted molar refractivity (Wildman–Crippen MR) is 134 cm³/mol. The number of halogens is 1. The highest BCUT2D eigenvalue weighted by molar-refractivity contribution is 5.98. The van der Waals surface area contributed by atoms with Crippen molar-refractivity contribution in [2.24, 2.45) is 0 Å². The van der Waals surface area contributed by atoms with Gasteiger partial charge in [-0.25, -0.2) is 19.0 Å². The summed E-state index contributed by atoms with van der Waals surface area (Å²) < 4.78 is 23.9. The summed E-state index contributed by atoms with van der Waals surface area (Å²) in [6.07, 6.45) is 4.76. The molecule has 0 saturated heterocycles. The Balaban J connectivity index is 1.88. The number of nitriles is 1. The first-order chi connectivity index (χ1) is 17.4. The monoisotopic (exact) mass is 497 g/mol. The highest BCUT2D eigenvalue weighted by atomic mass is 19.1. The Bertz CT molecular complexity index is 1130. The van der Waals surface area contributed by atoms with Crippen molar-refractivity contribution in [1.29, 1.82) is 5.26 Å². The van der Waals surface area contributed by atoms with E-state index >= 15 is 0 Å². The van der Waals surface area contributed by atoms with Crippen LogP contribution in [0.5, 0.6) is 0 Å². The molecule has 36 heavy (non-hydrogen) atoms. The van der Waals surface area contributed by atoms with E-state index in [0.29, 0.717) is 23.7 Å². The third-order valence-corrected chi connectivity index (χ3v) is 6.08. The van der Waals surface area contributed by atoms with E-state index in [4.69, 9.17) is 9.47 Å². The molecule has 1 fully saturated rings. The number of carbonyl (C=O) groups excluding carboxylic acids is 2. The number of pyridine rings is 1. The van der Waals surface area contributed by atoms with E-state index in [1.165, 1.54) is 25.3 Å². The number of carbonyl (C=O) groups is 2. The molecule has 1 heterocycles. The minimum atomic E-state index is -0.723. The number of aryl methyl sites for hydroxylation is 1. The number of alkyl carbamates (subject to hydrolysis) is 1. The van der Waals surface area contributed by atoms with Crippen LogP contribution in [0, 0.1) is 24.1 Å². The van der Waals surface area contributed by atoms with Gasteiger partial charge in [-0.3, -0.25) is 0 Å². The van der Waals surface area contributed by atoms with Gasteiger partial charge in [-0.1, -0.05) is 26.2 Å². The summed E-state index contributed by atoms with van der Waals surface area (Å²) in [5.41, 5.74) is 0.960. The Hall–Kier alpha value is -3.87. The minimum absolute atomic E-state index is 0.0228. The Morgan fingerprint density at radius 1 is 1.22 bits per heavy atom. The molecule has 0 unspecified atom stereocenters. The Morgan fingerprint density at radius 2 is 1.97 bits per heavy atom. The molecule has 9 nitrogen and oxygen atoms in total. The molecule has 1 amide bonds. The molecule has 0 aliphatic heterocycles. The number of aromatic nitrogens is 1. The number of rotatable bonds is 9. The first kappa shape index (κ1) is 26.7. The Morgan fingerprint density at radius 3 is 2.64 bits per heavy atom. The van der Waals surface area contributed by atoms with Crippen LogP contribution in [0.1, 0.15) is 66.9 Å². The Labute approximate surface area is 210 Å². The van der Waals surface area contributed by atoms with E-state index in [0.717, 1.165) is 38.5 Å². The average Bonchev–Trinajstić information content (AvgIpc) is 2.87. The van der Waals surface area contributed by atoms with Crippen molar-refractivity contribution in [3.05, 3.63) is 46.8 Å². The summed E-state index contributed by atoms with van der Waals surface area (Å²) >= 11 is 0. The van der Waals surface area contributed by atoms with Crippen LogP contribution in [0.2, 0.25) is 0 Å². The lowest BCUT2D eigenvalue weighted by atomic mass is 9.90. The summed E-state index contributed by atoms with van der Waals surface area (Å²) in [4.78, 5) is 29.3. The van der Waals surface area contributed by atoms with Gasteiger partial charge in [0.15, 0.2) is 0 Å². The van der Waals surface area contributed by atoms with Crippen LogP contribution >= 0.6 is 0 Å². The highest BCUT2D eigenvalue weighted by Crippen LogP contribution is 2.29. The molecule has 192 valence electrons. The smallest absolute Gasteiger partial charge is 0.407 e. The second kappa shape index (κ2) is 12.7. The summed E-state index contributed by atoms with van der Waals surface area (Å²) in [6.45, 7) is 4.01. The normalized spacial score (nSPS) is 17.0. The maximum absolute atomic E-state index is 13.7. The van der Waals surface area contributed by atoms with Gasteiger partial charge in [-0.2, -0.15) is 5.26 Å². The number of unbranched alkanes of at least 4 members (excludes halogenated alkanes) is 1. The fraction of sp³-hybridized carbons (Fsp3) is 0.462. The first-order valence-corrected chi connectivity index (χ1v) is 12.1. The van der Waals surface area contributed by atoms with E-state index in [2.05, 4.69) is 20.9 Å². The zero-order valence-corrected chi connectivity index (χ0v) is 20.8. The van der Waals surface area contributed by atoms with Gasteiger partial charge >= 0.3 is 12.1 Å². The predicted octanol–water partition coefficient (Wildman–Crippen LogP) is 5.18. The zero-order chi connectivity index (χ0) is 26.1. The lowest BCUT2D eigenvalue weighted by Crippen LogP contribution is -2.48. The topological polar surface area (TPSA) is 125 Å². The van der Waals surface area contributed by atoms with Crippen molar-refractivity contribution < 1.29 is 23.5 Å². The van der Waals surface area contributed by atoms with Crippen molar-refractivity contribution in [3.63, 3.8) is 0 Å². The lowest BCUT2D eigenvalue weighted by molar-refractivity contribution is 0.0601. The van der Waals surface area contributed by atoms with E-state index in [1.807, 2.05) is 13.0 Å². The number of nitrogens with one attached hydrogen (secondary N) is 3. The Kier molecular flexibility index (Phi) is 9.45. The number of esters is 1. The summed E-state index contributed by atoms with van der Waals surface area (Å²) in [5.74, 6) is -0.620. The molecule has 1 aliphatic rings. The summed E-state index contributed by atoms with van der Waals surface area (Å²) in [5, 5.41) is 19.1. The van der Waals surface area contributed by atoms with Crippen LogP contribution in [0.15, 0.2) is 24.3 Å². The van der Waals surface area contributed by atoms with Crippen molar-refractivity contribution in [1.82, 2.24) is 10.3 Å². The fourth-order valence-corrected chi connectivity index (χ4v) is 4.13. The maximum atomic E-state index is 13.7. The first-order valence-electron chi connectivity index (χ1n) is 12.1. The van der Waals surface area contributed by atoms with E-state index in [9.17, 15) is 19.2 Å². The highest BCUT2D eigenvalue weighted by Gasteiger charge is 2.28.